The van der Waals surface area contributed by atoms with Crippen molar-refractivity contribution in [2.45, 2.75) is 26.9 Å². The molecule has 0 saturated carbocycles. The summed E-state index contributed by atoms with van der Waals surface area (Å²) in [6.07, 6.45) is -1.23. The number of anilines is 1. The number of nitro groups is 1. The molecular formula is C17H16N2O7. The Balaban J connectivity index is 2.14. The molecule has 1 amide bonds. The molecule has 9 heteroatoms. The lowest BCUT2D eigenvalue weighted by Crippen LogP contribution is -2.30. The molecule has 0 saturated heterocycles. The fourth-order valence-corrected chi connectivity index (χ4v) is 2.31. The average molecular weight is 360 g/mol. The summed E-state index contributed by atoms with van der Waals surface area (Å²) in [5.74, 6) is -1.50. The van der Waals surface area contributed by atoms with Crippen LogP contribution in [0, 0.1) is 24.0 Å². The number of aryl methyl sites for hydroxylation is 2. The number of esters is 1. The summed E-state index contributed by atoms with van der Waals surface area (Å²) in [5, 5.41) is 13.3. The zero-order valence-corrected chi connectivity index (χ0v) is 14.3. The second-order valence-corrected chi connectivity index (χ2v) is 5.49. The number of amides is 1. The van der Waals surface area contributed by atoms with Gasteiger partial charge in [0.2, 0.25) is 0 Å². The minimum Gasteiger partial charge on any atom is -0.449 e. The molecule has 26 heavy (non-hydrogen) atoms. The van der Waals surface area contributed by atoms with Crippen molar-refractivity contribution in [3.8, 4) is 0 Å². The number of hydrogen-bond donors (Lipinski definition) is 1. The van der Waals surface area contributed by atoms with E-state index < -0.39 is 28.5 Å². The highest BCUT2D eigenvalue weighted by atomic mass is 16.6. The van der Waals surface area contributed by atoms with Crippen molar-refractivity contribution in [3.63, 3.8) is 0 Å². The van der Waals surface area contributed by atoms with Crippen molar-refractivity contribution in [2.24, 2.45) is 0 Å². The Bertz CT molecular complexity index is 907. The van der Waals surface area contributed by atoms with Crippen LogP contribution in [0.2, 0.25) is 0 Å². The Morgan fingerprint density at radius 1 is 1.27 bits per heavy atom. The van der Waals surface area contributed by atoms with E-state index in [1.54, 1.807) is 6.92 Å². The summed E-state index contributed by atoms with van der Waals surface area (Å²) in [6, 6.07) is 6.74. The van der Waals surface area contributed by atoms with Gasteiger partial charge in [0, 0.05) is 12.1 Å². The molecule has 0 bridgehead atoms. The van der Waals surface area contributed by atoms with Crippen LogP contribution in [-0.2, 0) is 9.53 Å². The Morgan fingerprint density at radius 3 is 2.54 bits per heavy atom. The monoisotopic (exact) mass is 360 g/mol. The molecule has 1 N–H and O–H groups in total. The maximum atomic E-state index is 12.3. The molecule has 1 aromatic heterocycles. The van der Waals surface area contributed by atoms with E-state index in [-0.39, 0.29) is 22.7 Å². The van der Waals surface area contributed by atoms with Crippen molar-refractivity contribution in [1.82, 2.24) is 0 Å². The molecule has 2 aromatic rings. The van der Waals surface area contributed by atoms with E-state index in [9.17, 15) is 24.5 Å². The predicted molar refractivity (Wildman–Crippen MR) is 91.1 cm³/mol. The second kappa shape index (κ2) is 7.60. The number of para-hydroxylation sites is 2. The van der Waals surface area contributed by atoms with Crippen molar-refractivity contribution in [1.29, 1.82) is 0 Å². The molecule has 0 fully saturated rings. The van der Waals surface area contributed by atoms with E-state index in [1.807, 2.05) is 0 Å². The number of rotatable bonds is 5. The van der Waals surface area contributed by atoms with Gasteiger partial charge in [-0.05, 0) is 32.4 Å². The molecule has 0 aliphatic rings. The number of nitrogens with zero attached hydrogens (tertiary/aromatic N) is 1. The van der Waals surface area contributed by atoms with E-state index in [0.717, 1.165) is 6.07 Å². The molecule has 9 nitrogen and oxygen atoms in total. The SMILES string of the molecule is Cc1cc(=O)oc(C)c1C(=O)O[C@@H](C)C(=O)Nc1ccccc1[N+](=O)[O-]. The zero-order chi connectivity index (χ0) is 19.4. The number of nitro benzene ring substituents is 1. The van der Waals surface area contributed by atoms with Gasteiger partial charge in [-0.15, -0.1) is 0 Å². The number of carbonyl (C=O) groups is 2. The third kappa shape index (κ3) is 4.12. The molecule has 0 unspecified atom stereocenters. The van der Waals surface area contributed by atoms with Crippen LogP contribution in [0.1, 0.15) is 28.6 Å². The highest BCUT2D eigenvalue weighted by Crippen LogP contribution is 2.23. The summed E-state index contributed by atoms with van der Waals surface area (Å²) in [6.45, 7) is 4.30. The van der Waals surface area contributed by atoms with E-state index >= 15 is 0 Å². The smallest absolute Gasteiger partial charge is 0.342 e. The third-order valence-electron chi connectivity index (χ3n) is 3.55. The van der Waals surface area contributed by atoms with Crippen molar-refractivity contribution >= 4 is 23.3 Å². The number of hydrogen-bond acceptors (Lipinski definition) is 7. The molecule has 136 valence electrons. The van der Waals surface area contributed by atoms with Crippen LogP contribution in [-0.4, -0.2) is 22.9 Å². The van der Waals surface area contributed by atoms with Gasteiger partial charge in [0.15, 0.2) is 6.10 Å². The van der Waals surface area contributed by atoms with Crippen LogP contribution in [0.15, 0.2) is 39.5 Å². The van der Waals surface area contributed by atoms with Gasteiger partial charge < -0.3 is 14.5 Å². The summed E-state index contributed by atoms with van der Waals surface area (Å²) >= 11 is 0. The fourth-order valence-electron chi connectivity index (χ4n) is 2.31. The van der Waals surface area contributed by atoms with Gasteiger partial charge in [0.25, 0.3) is 11.6 Å². The molecule has 1 heterocycles. The van der Waals surface area contributed by atoms with Crippen LogP contribution < -0.4 is 10.9 Å². The minimum absolute atomic E-state index is 0.0107. The number of ether oxygens (including phenoxy) is 1. The molecule has 0 aliphatic heterocycles. The molecule has 0 radical (unpaired) electrons. The summed E-state index contributed by atoms with van der Waals surface area (Å²) < 4.78 is 9.95. The van der Waals surface area contributed by atoms with Gasteiger partial charge in [0.1, 0.15) is 17.0 Å². The first-order chi connectivity index (χ1) is 12.2. The highest BCUT2D eigenvalue weighted by molar-refractivity contribution is 5.99. The van der Waals surface area contributed by atoms with Gasteiger partial charge in [-0.25, -0.2) is 9.59 Å². The minimum atomic E-state index is -1.23. The first kappa shape index (κ1) is 18.8. The Morgan fingerprint density at radius 2 is 1.92 bits per heavy atom. The van der Waals surface area contributed by atoms with E-state index in [1.165, 1.54) is 38.1 Å². The van der Waals surface area contributed by atoms with Gasteiger partial charge in [-0.2, -0.15) is 0 Å². The van der Waals surface area contributed by atoms with Gasteiger partial charge in [0.05, 0.1) is 4.92 Å². The van der Waals surface area contributed by atoms with Crippen LogP contribution >= 0.6 is 0 Å². The fraction of sp³-hybridized carbons (Fsp3) is 0.235. The third-order valence-corrected chi connectivity index (χ3v) is 3.55. The average Bonchev–Trinajstić information content (AvgIpc) is 2.53. The summed E-state index contributed by atoms with van der Waals surface area (Å²) in [5.41, 5.74) is -0.483. The number of nitrogens with one attached hydrogen (secondary N) is 1. The topological polar surface area (TPSA) is 129 Å². The largest absolute Gasteiger partial charge is 0.449 e. The number of carbonyl (C=O) groups excluding carboxylic acids is 2. The normalized spacial score (nSPS) is 11.5. The van der Waals surface area contributed by atoms with Crippen molar-refractivity contribution in [3.05, 3.63) is 67.8 Å². The highest BCUT2D eigenvalue weighted by Gasteiger charge is 2.24. The summed E-state index contributed by atoms with van der Waals surface area (Å²) in [7, 11) is 0. The second-order valence-electron chi connectivity index (χ2n) is 5.49. The van der Waals surface area contributed by atoms with Crippen molar-refractivity contribution in [2.75, 3.05) is 5.32 Å². The van der Waals surface area contributed by atoms with Crippen LogP contribution in [0.5, 0.6) is 0 Å². The summed E-state index contributed by atoms with van der Waals surface area (Å²) in [4.78, 5) is 46.1. The predicted octanol–water partition coefficient (Wildman–Crippen LogP) is 2.35. The van der Waals surface area contributed by atoms with Crippen molar-refractivity contribution < 1.29 is 23.7 Å². The van der Waals surface area contributed by atoms with Crippen LogP contribution in [0.4, 0.5) is 11.4 Å². The van der Waals surface area contributed by atoms with Gasteiger partial charge in [-0.3, -0.25) is 14.9 Å². The molecule has 0 aliphatic carbocycles. The number of benzene rings is 1. The Hall–Kier alpha value is -3.49. The standard InChI is InChI=1S/C17H16N2O7/c1-9-8-14(20)25-10(2)15(9)17(22)26-11(3)16(21)18-12-6-4-5-7-13(12)19(23)24/h4-8,11H,1-3H3,(H,18,21)/t11-/m0/s1. The molecule has 1 aromatic carbocycles. The molecule has 1 atom stereocenters. The van der Waals surface area contributed by atoms with Crippen LogP contribution in [0.25, 0.3) is 0 Å². The van der Waals surface area contributed by atoms with E-state index in [0.29, 0.717) is 5.56 Å². The first-order valence-corrected chi connectivity index (χ1v) is 7.57. The molecule has 2 rings (SSSR count). The van der Waals surface area contributed by atoms with Crippen LogP contribution in [0.3, 0.4) is 0 Å². The molecular weight excluding hydrogens is 344 g/mol. The molecule has 0 spiro atoms. The van der Waals surface area contributed by atoms with E-state index in [2.05, 4.69) is 5.32 Å². The lowest BCUT2D eigenvalue weighted by Gasteiger charge is -2.15. The quantitative estimate of drug-likeness (QED) is 0.492. The van der Waals surface area contributed by atoms with Gasteiger partial charge in [-0.1, -0.05) is 12.1 Å². The maximum absolute atomic E-state index is 12.3. The lowest BCUT2D eigenvalue weighted by molar-refractivity contribution is -0.383. The maximum Gasteiger partial charge on any atom is 0.342 e. The Kier molecular flexibility index (Phi) is 5.51. The first-order valence-electron chi connectivity index (χ1n) is 7.57. The van der Waals surface area contributed by atoms with E-state index in [4.69, 9.17) is 9.15 Å². The Labute approximate surface area is 147 Å². The zero-order valence-electron chi connectivity index (χ0n) is 14.3. The lowest BCUT2D eigenvalue weighted by atomic mass is 10.1. The van der Waals surface area contributed by atoms with Gasteiger partial charge >= 0.3 is 11.6 Å².